The Kier molecular flexibility index (Phi) is 7.38. The summed E-state index contributed by atoms with van der Waals surface area (Å²) >= 11 is 0. The van der Waals surface area contributed by atoms with Crippen LogP contribution in [0.1, 0.15) is 12.1 Å². The van der Waals surface area contributed by atoms with Crippen LogP contribution in [0.15, 0.2) is 79.4 Å². The molecule has 1 saturated heterocycles. The first-order chi connectivity index (χ1) is 17.7. The summed E-state index contributed by atoms with van der Waals surface area (Å²) in [4.78, 5) is 31.6. The van der Waals surface area contributed by atoms with Crippen LogP contribution in [-0.4, -0.2) is 52.1 Å². The Labute approximate surface area is 209 Å². The second-order valence-electron chi connectivity index (χ2n) is 8.36. The second-order valence-corrected chi connectivity index (χ2v) is 8.36. The van der Waals surface area contributed by atoms with Gasteiger partial charge in [0.1, 0.15) is 6.33 Å². The average molecular weight is 482 g/mol. The van der Waals surface area contributed by atoms with Crippen molar-refractivity contribution in [2.45, 2.75) is 12.8 Å². The van der Waals surface area contributed by atoms with Gasteiger partial charge in [0.2, 0.25) is 11.9 Å². The van der Waals surface area contributed by atoms with E-state index in [4.69, 9.17) is 4.74 Å². The summed E-state index contributed by atoms with van der Waals surface area (Å²) in [5.74, 6) is 0.461. The van der Waals surface area contributed by atoms with Crippen molar-refractivity contribution >= 4 is 28.9 Å². The maximum absolute atomic E-state index is 12.3. The molecule has 182 valence electrons. The number of hydrogen-bond donors (Lipinski definition) is 2. The van der Waals surface area contributed by atoms with Crippen LogP contribution in [0.2, 0.25) is 0 Å². The van der Waals surface area contributed by atoms with Crippen LogP contribution in [0.25, 0.3) is 11.3 Å². The minimum absolute atomic E-state index is 0.0606. The van der Waals surface area contributed by atoms with Crippen LogP contribution in [0, 0.1) is 0 Å². The molecule has 9 heteroatoms. The second kappa shape index (κ2) is 11.4. The number of aromatic nitrogens is 4. The Hall–Kier alpha value is -4.37. The molecule has 0 aliphatic carbocycles. The molecule has 2 aromatic carbocycles. The normalized spacial score (nSPS) is 13.3. The van der Waals surface area contributed by atoms with Gasteiger partial charge in [-0.1, -0.05) is 12.1 Å². The zero-order valence-electron chi connectivity index (χ0n) is 19.8. The molecule has 36 heavy (non-hydrogen) atoms. The quantitative estimate of drug-likeness (QED) is 0.388. The predicted octanol–water partition coefficient (Wildman–Crippen LogP) is 4.09. The lowest BCUT2D eigenvalue weighted by molar-refractivity contribution is -0.116. The van der Waals surface area contributed by atoms with Gasteiger partial charge >= 0.3 is 0 Å². The summed E-state index contributed by atoms with van der Waals surface area (Å²) in [6.45, 7) is 3.34. The number of hydrogen-bond acceptors (Lipinski definition) is 8. The van der Waals surface area contributed by atoms with E-state index in [1.54, 1.807) is 12.4 Å². The van der Waals surface area contributed by atoms with Crippen LogP contribution in [-0.2, 0) is 16.0 Å². The number of carbonyl (C=O) groups is 1. The summed E-state index contributed by atoms with van der Waals surface area (Å²) in [7, 11) is 0. The molecule has 0 radical (unpaired) electrons. The molecule has 1 amide bonds. The van der Waals surface area contributed by atoms with E-state index in [2.05, 4.69) is 47.6 Å². The minimum atomic E-state index is -0.0606. The van der Waals surface area contributed by atoms with Gasteiger partial charge in [0.05, 0.1) is 18.9 Å². The minimum Gasteiger partial charge on any atom is -0.378 e. The molecule has 0 unspecified atom stereocenters. The smallest absolute Gasteiger partial charge is 0.227 e. The Morgan fingerprint density at radius 1 is 0.889 bits per heavy atom. The zero-order chi connectivity index (χ0) is 24.6. The molecule has 5 rings (SSSR count). The maximum Gasteiger partial charge on any atom is 0.227 e. The molecular weight excluding hydrogens is 454 g/mol. The van der Waals surface area contributed by atoms with Crippen LogP contribution < -0.4 is 15.5 Å². The van der Waals surface area contributed by atoms with E-state index < -0.39 is 0 Å². The monoisotopic (exact) mass is 481 g/mol. The van der Waals surface area contributed by atoms with Gasteiger partial charge in [0.15, 0.2) is 0 Å². The van der Waals surface area contributed by atoms with Crippen molar-refractivity contribution in [3.63, 3.8) is 0 Å². The number of ether oxygens (including phenoxy) is 1. The molecule has 0 bridgehead atoms. The average Bonchev–Trinajstić information content (AvgIpc) is 2.94. The van der Waals surface area contributed by atoms with Gasteiger partial charge in [-0.15, -0.1) is 0 Å². The van der Waals surface area contributed by atoms with Crippen LogP contribution in [0.5, 0.6) is 0 Å². The number of amides is 1. The molecule has 0 atom stereocenters. The maximum atomic E-state index is 12.3. The first-order valence-corrected chi connectivity index (χ1v) is 11.9. The van der Waals surface area contributed by atoms with Crippen molar-refractivity contribution in [1.29, 1.82) is 0 Å². The number of carbonyl (C=O) groups excluding carboxylic acids is 1. The third-order valence-corrected chi connectivity index (χ3v) is 5.87. The van der Waals surface area contributed by atoms with E-state index >= 15 is 0 Å². The molecule has 2 N–H and O–H groups in total. The summed E-state index contributed by atoms with van der Waals surface area (Å²) in [6, 6.07) is 19.5. The van der Waals surface area contributed by atoms with Crippen LogP contribution in [0.3, 0.4) is 0 Å². The highest BCUT2D eigenvalue weighted by Crippen LogP contribution is 2.23. The highest BCUT2D eigenvalue weighted by atomic mass is 16.5. The number of nitrogens with zero attached hydrogens (tertiary/aromatic N) is 5. The van der Waals surface area contributed by atoms with E-state index in [9.17, 15) is 4.79 Å². The number of nitrogens with one attached hydrogen (secondary N) is 2. The fourth-order valence-electron chi connectivity index (χ4n) is 3.94. The summed E-state index contributed by atoms with van der Waals surface area (Å²) < 4.78 is 5.43. The molecule has 4 aromatic rings. The lowest BCUT2D eigenvalue weighted by atomic mass is 10.1. The molecule has 1 fully saturated rings. The Balaban J connectivity index is 1.18. The molecule has 9 nitrogen and oxygen atoms in total. The summed E-state index contributed by atoms with van der Waals surface area (Å²) in [5, 5.41) is 6.20. The van der Waals surface area contributed by atoms with Crippen molar-refractivity contribution < 1.29 is 9.53 Å². The number of rotatable bonds is 8. The molecule has 1 aliphatic rings. The van der Waals surface area contributed by atoms with Crippen molar-refractivity contribution in [2.24, 2.45) is 0 Å². The fraction of sp³-hybridized carbons (Fsp3) is 0.222. The lowest BCUT2D eigenvalue weighted by Crippen LogP contribution is -2.36. The van der Waals surface area contributed by atoms with Crippen molar-refractivity contribution in [2.75, 3.05) is 41.8 Å². The molecule has 0 saturated carbocycles. The number of morpholine rings is 1. The first-order valence-electron chi connectivity index (χ1n) is 11.9. The third kappa shape index (κ3) is 6.19. The predicted molar refractivity (Wildman–Crippen MR) is 139 cm³/mol. The van der Waals surface area contributed by atoms with Gasteiger partial charge in [0, 0.05) is 60.2 Å². The number of aryl methyl sites for hydroxylation is 1. The summed E-state index contributed by atoms with van der Waals surface area (Å²) in [6.07, 6.45) is 5.82. The number of benzene rings is 2. The standard InChI is InChI=1S/C27H27N7O2/c35-26(10-7-21-11-13-28-19-30-21)31-22-3-1-20(2-4-22)25-12-14-29-27(33-25)32-23-5-8-24(9-6-23)34-15-17-36-18-16-34/h1-6,8-9,11-14,19H,7,10,15-18H2,(H,31,35)(H,29,32,33). The Morgan fingerprint density at radius 2 is 1.67 bits per heavy atom. The van der Waals surface area contributed by atoms with Gasteiger partial charge in [0.25, 0.3) is 0 Å². The summed E-state index contributed by atoms with van der Waals surface area (Å²) in [5.41, 5.74) is 5.40. The first kappa shape index (κ1) is 23.4. The van der Waals surface area contributed by atoms with Gasteiger partial charge in [-0.3, -0.25) is 4.79 Å². The molecular formula is C27H27N7O2. The van der Waals surface area contributed by atoms with Crippen LogP contribution >= 0.6 is 0 Å². The zero-order valence-corrected chi connectivity index (χ0v) is 19.8. The van der Waals surface area contributed by atoms with E-state index in [-0.39, 0.29) is 5.91 Å². The highest BCUT2D eigenvalue weighted by Gasteiger charge is 2.11. The van der Waals surface area contributed by atoms with Crippen molar-refractivity contribution in [3.8, 4) is 11.3 Å². The largest absolute Gasteiger partial charge is 0.378 e. The van der Waals surface area contributed by atoms with Gasteiger partial charge in [-0.25, -0.2) is 19.9 Å². The fourth-order valence-corrected chi connectivity index (χ4v) is 3.94. The molecule has 3 heterocycles. The Morgan fingerprint density at radius 3 is 2.42 bits per heavy atom. The van der Waals surface area contributed by atoms with Gasteiger partial charge < -0.3 is 20.3 Å². The number of anilines is 4. The van der Waals surface area contributed by atoms with E-state index in [0.29, 0.717) is 18.8 Å². The van der Waals surface area contributed by atoms with Gasteiger partial charge in [-0.2, -0.15) is 0 Å². The van der Waals surface area contributed by atoms with E-state index in [1.807, 2.05) is 48.5 Å². The SMILES string of the molecule is O=C(CCc1ccncn1)Nc1ccc(-c2ccnc(Nc3ccc(N4CCOCC4)cc3)n2)cc1. The van der Waals surface area contributed by atoms with E-state index in [0.717, 1.165) is 54.6 Å². The van der Waals surface area contributed by atoms with Crippen molar-refractivity contribution in [3.05, 3.63) is 85.1 Å². The van der Waals surface area contributed by atoms with Crippen LogP contribution in [0.4, 0.5) is 23.0 Å². The third-order valence-electron chi connectivity index (χ3n) is 5.87. The van der Waals surface area contributed by atoms with Gasteiger partial charge in [-0.05, 0) is 55.0 Å². The molecule has 1 aliphatic heterocycles. The Bertz CT molecular complexity index is 1280. The molecule has 2 aromatic heterocycles. The van der Waals surface area contributed by atoms with Crippen molar-refractivity contribution in [1.82, 2.24) is 19.9 Å². The highest BCUT2D eigenvalue weighted by molar-refractivity contribution is 5.91. The molecule has 0 spiro atoms. The topological polar surface area (TPSA) is 105 Å². The lowest BCUT2D eigenvalue weighted by Gasteiger charge is -2.28. The van der Waals surface area contributed by atoms with E-state index in [1.165, 1.54) is 12.0 Å².